The highest BCUT2D eigenvalue weighted by molar-refractivity contribution is 7.80. The average molecular weight is 462 g/mol. The molecule has 1 saturated heterocycles. The van der Waals surface area contributed by atoms with Crippen molar-refractivity contribution in [3.05, 3.63) is 83.9 Å². The van der Waals surface area contributed by atoms with Crippen LogP contribution >= 0.6 is 12.2 Å². The molecule has 0 saturated carbocycles. The van der Waals surface area contributed by atoms with Crippen molar-refractivity contribution < 1.29 is 4.79 Å². The number of thiocarbonyl (C=S) groups is 1. The van der Waals surface area contributed by atoms with E-state index in [4.69, 9.17) is 12.2 Å². The number of anilines is 1. The minimum atomic E-state index is -0.0889. The molecular formula is C26H31N5OS. The number of pyridine rings is 1. The average Bonchev–Trinajstić information content (AvgIpc) is 3.39. The quantitative estimate of drug-likeness (QED) is 0.509. The van der Waals surface area contributed by atoms with E-state index in [1.54, 1.807) is 6.20 Å². The van der Waals surface area contributed by atoms with Gasteiger partial charge in [-0.1, -0.05) is 24.3 Å². The Kier molecular flexibility index (Phi) is 6.51. The standard InChI is InChI=1S/C26H31N5OS/c1-18-9-5-6-10-20(18)28-22(32)13-16-31-24(19-12-15-30(17-19)26(2,3)4)23(29-25(31)33)21-11-7-8-14-27-21/h5-12,14-15,17,23-24H,13,16H2,1-4H3,(H,28,32)(H,29,33)/t23-,24+/m0/s1. The Hall–Kier alpha value is -3.19. The molecule has 2 atom stereocenters. The normalized spacial score (nSPS) is 18.3. The Labute approximate surface area is 201 Å². The van der Waals surface area contributed by atoms with Gasteiger partial charge in [0.25, 0.3) is 0 Å². The number of carbonyl (C=O) groups is 1. The maximum absolute atomic E-state index is 12.7. The highest BCUT2D eigenvalue weighted by Crippen LogP contribution is 2.39. The molecule has 0 bridgehead atoms. The zero-order chi connectivity index (χ0) is 23.6. The number of nitrogens with zero attached hydrogens (tertiary/aromatic N) is 3. The summed E-state index contributed by atoms with van der Waals surface area (Å²) in [7, 11) is 0. The van der Waals surface area contributed by atoms with Crippen molar-refractivity contribution in [3.8, 4) is 0 Å². The predicted octanol–water partition coefficient (Wildman–Crippen LogP) is 4.95. The molecule has 4 rings (SSSR count). The molecule has 1 aromatic carbocycles. The van der Waals surface area contributed by atoms with Crippen LogP contribution in [0.1, 0.15) is 56.1 Å². The van der Waals surface area contributed by atoms with Gasteiger partial charge in [-0.05, 0) is 75.3 Å². The van der Waals surface area contributed by atoms with Gasteiger partial charge >= 0.3 is 0 Å². The summed E-state index contributed by atoms with van der Waals surface area (Å²) in [6.07, 6.45) is 6.42. The molecule has 0 radical (unpaired) electrons. The number of hydrogen-bond acceptors (Lipinski definition) is 3. The molecular weight excluding hydrogens is 430 g/mol. The molecule has 1 aliphatic heterocycles. The molecule has 1 fully saturated rings. The third-order valence-electron chi connectivity index (χ3n) is 6.03. The second-order valence-electron chi connectivity index (χ2n) is 9.46. The second-order valence-corrected chi connectivity index (χ2v) is 9.84. The first-order valence-electron chi connectivity index (χ1n) is 11.3. The topological polar surface area (TPSA) is 62.2 Å². The number of carbonyl (C=O) groups excluding carboxylic acids is 1. The molecule has 2 N–H and O–H groups in total. The fourth-order valence-electron chi connectivity index (χ4n) is 4.16. The first kappa shape index (κ1) is 23.0. The molecule has 0 aliphatic carbocycles. The fourth-order valence-corrected chi connectivity index (χ4v) is 4.49. The van der Waals surface area contributed by atoms with E-state index in [0.717, 1.165) is 22.5 Å². The summed E-state index contributed by atoms with van der Waals surface area (Å²) in [4.78, 5) is 19.4. The second kappa shape index (κ2) is 9.35. The van der Waals surface area contributed by atoms with E-state index >= 15 is 0 Å². The number of aryl methyl sites for hydroxylation is 1. The van der Waals surface area contributed by atoms with E-state index in [1.165, 1.54) is 0 Å². The van der Waals surface area contributed by atoms with Crippen LogP contribution < -0.4 is 10.6 Å². The third-order valence-corrected chi connectivity index (χ3v) is 6.38. The fraction of sp³-hybridized carbons (Fsp3) is 0.346. The Morgan fingerprint density at radius 1 is 1.15 bits per heavy atom. The van der Waals surface area contributed by atoms with Crippen molar-refractivity contribution in [2.75, 3.05) is 11.9 Å². The highest BCUT2D eigenvalue weighted by atomic mass is 32.1. The molecule has 0 unspecified atom stereocenters. The molecule has 6 nitrogen and oxygen atoms in total. The largest absolute Gasteiger partial charge is 0.352 e. The van der Waals surface area contributed by atoms with Crippen molar-refractivity contribution in [1.82, 2.24) is 19.8 Å². The van der Waals surface area contributed by atoms with E-state index in [2.05, 4.69) is 64.3 Å². The minimum Gasteiger partial charge on any atom is -0.352 e. The Bertz CT molecular complexity index is 1130. The zero-order valence-corrected chi connectivity index (χ0v) is 20.4. The number of para-hydroxylation sites is 1. The Morgan fingerprint density at radius 2 is 1.91 bits per heavy atom. The van der Waals surface area contributed by atoms with E-state index in [-0.39, 0.29) is 23.5 Å². The molecule has 1 amide bonds. The zero-order valence-electron chi connectivity index (χ0n) is 19.6. The van der Waals surface area contributed by atoms with E-state index < -0.39 is 0 Å². The molecule has 7 heteroatoms. The number of aromatic nitrogens is 2. The number of nitrogens with one attached hydrogen (secondary N) is 2. The summed E-state index contributed by atoms with van der Waals surface area (Å²) in [6.45, 7) is 9.04. The first-order valence-corrected chi connectivity index (χ1v) is 11.7. The van der Waals surface area contributed by atoms with Crippen molar-refractivity contribution in [2.45, 2.75) is 51.7 Å². The minimum absolute atomic E-state index is 0.0243. The van der Waals surface area contributed by atoms with Crippen molar-refractivity contribution in [1.29, 1.82) is 0 Å². The maximum Gasteiger partial charge on any atom is 0.226 e. The van der Waals surface area contributed by atoms with Crippen LogP contribution in [0, 0.1) is 6.92 Å². The van der Waals surface area contributed by atoms with Crippen LogP contribution in [0.2, 0.25) is 0 Å². The van der Waals surface area contributed by atoms with E-state index in [1.807, 2.05) is 49.4 Å². The number of rotatable bonds is 6. The van der Waals surface area contributed by atoms with Gasteiger partial charge in [0.1, 0.15) is 0 Å². The lowest BCUT2D eigenvalue weighted by Gasteiger charge is -2.27. The van der Waals surface area contributed by atoms with Gasteiger partial charge in [0.2, 0.25) is 5.91 Å². The molecule has 172 valence electrons. The summed E-state index contributed by atoms with van der Waals surface area (Å²) in [5, 5.41) is 7.12. The van der Waals surface area contributed by atoms with Crippen LogP contribution in [0.4, 0.5) is 5.69 Å². The van der Waals surface area contributed by atoms with Crippen LogP contribution in [0.5, 0.6) is 0 Å². The van der Waals surface area contributed by atoms with Gasteiger partial charge in [0, 0.05) is 42.8 Å². The highest BCUT2D eigenvalue weighted by Gasteiger charge is 2.40. The molecule has 3 aromatic rings. The predicted molar refractivity (Wildman–Crippen MR) is 136 cm³/mol. The van der Waals surface area contributed by atoms with E-state index in [9.17, 15) is 4.79 Å². The lowest BCUT2D eigenvalue weighted by Crippen LogP contribution is -2.32. The molecule has 3 heterocycles. The molecule has 33 heavy (non-hydrogen) atoms. The monoisotopic (exact) mass is 461 g/mol. The molecule has 1 aliphatic rings. The summed E-state index contributed by atoms with van der Waals surface area (Å²) in [5.41, 5.74) is 3.94. The van der Waals surface area contributed by atoms with Crippen molar-refractivity contribution in [2.24, 2.45) is 0 Å². The van der Waals surface area contributed by atoms with Crippen molar-refractivity contribution >= 4 is 28.9 Å². The van der Waals surface area contributed by atoms with Crippen molar-refractivity contribution in [3.63, 3.8) is 0 Å². The van der Waals surface area contributed by atoms with Crippen LogP contribution in [0.25, 0.3) is 0 Å². The lowest BCUT2D eigenvalue weighted by atomic mass is 9.99. The van der Waals surface area contributed by atoms with E-state index in [0.29, 0.717) is 18.1 Å². The summed E-state index contributed by atoms with van der Waals surface area (Å²) < 4.78 is 2.21. The maximum atomic E-state index is 12.7. The Morgan fingerprint density at radius 3 is 2.58 bits per heavy atom. The smallest absolute Gasteiger partial charge is 0.226 e. The summed E-state index contributed by atoms with van der Waals surface area (Å²) in [5.74, 6) is -0.0283. The van der Waals surface area contributed by atoms with Gasteiger partial charge in [-0.15, -0.1) is 0 Å². The van der Waals surface area contributed by atoms with Gasteiger partial charge < -0.3 is 20.1 Å². The van der Waals surface area contributed by atoms with Gasteiger partial charge in [-0.2, -0.15) is 0 Å². The lowest BCUT2D eigenvalue weighted by molar-refractivity contribution is -0.116. The Balaban J connectivity index is 1.57. The van der Waals surface area contributed by atoms with Crippen LogP contribution in [0.15, 0.2) is 67.1 Å². The first-order chi connectivity index (χ1) is 15.7. The number of benzene rings is 1. The number of hydrogen-bond donors (Lipinski definition) is 2. The van der Waals surface area contributed by atoms with Crippen LogP contribution in [-0.2, 0) is 10.3 Å². The molecule has 2 aromatic heterocycles. The van der Waals surface area contributed by atoms with Gasteiger partial charge in [0.05, 0.1) is 17.8 Å². The summed E-state index contributed by atoms with van der Waals surface area (Å²) >= 11 is 5.73. The SMILES string of the molecule is Cc1ccccc1NC(=O)CCN1C(=S)N[C@@H](c2ccccn2)[C@H]1c1ccn(C(C)(C)C)c1. The van der Waals surface area contributed by atoms with Gasteiger partial charge in [-0.25, -0.2) is 0 Å². The summed E-state index contributed by atoms with van der Waals surface area (Å²) in [6, 6.07) is 15.7. The van der Waals surface area contributed by atoms with Gasteiger partial charge in [0.15, 0.2) is 5.11 Å². The molecule has 0 spiro atoms. The third kappa shape index (κ3) is 5.09. The van der Waals surface area contributed by atoms with Crippen LogP contribution in [-0.4, -0.2) is 32.0 Å². The van der Waals surface area contributed by atoms with Crippen LogP contribution in [0.3, 0.4) is 0 Å². The number of amides is 1. The van der Waals surface area contributed by atoms with Gasteiger partial charge in [-0.3, -0.25) is 9.78 Å².